The van der Waals surface area contributed by atoms with Gasteiger partial charge in [0.2, 0.25) is 0 Å². The maximum atomic E-state index is 10.4. The molecule has 1 N–H and O–H groups in total. The molecule has 35 heavy (non-hydrogen) atoms. The molecule has 1 saturated heterocycles. The number of anilines is 1. The van der Waals surface area contributed by atoms with Crippen LogP contribution in [0.5, 0.6) is 0 Å². The minimum atomic E-state index is -0.458. The van der Waals surface area contributed by atoms with Crippen LogP contribution in [-0.4, -0.2) is 72.0 Å². The van der Waals surface area contributed by atoms with E-state index in [1.165, 1.54) is 11.1 Å². The van der Waals surface area contributed by atoms with E-state index in [1.54, 1.807) is 0 Å². The summed E-state index contributed by atoms with van der Waals surface area (Å²) in [5.74, 6) is 2.28. The van der Waals surface area contributed by atoms with E-state index < -0.39 is 6.10 Å². The van der Waals surface area contributed by atoms with Crippen molar-refractivity contribution in [2.24, 2.45) is 5.92 Å². The van der Waals surface area contributed by atoms with Gasteiger partial charge in [0.05, 0.1) is 12.7 Å². The molecule has 0 aliphatic carbocycles. The van der Waals surface area contributed by atoms with Crippen molar-refractivity contribution in [3.8, 4) is 11.4 Å². The Hall–Kier alpha value is -2.80. The lowest BCUT2D eigenvalue weighted by molar-refractivity contribution is 0.00745. The highest BCUT2D eigenvalue weighted by atomic mass is 16.5. The van der Waals surface area contributed by atoms with E-state index in [9.17, 15) is 5.11 Å². The van der Waals surface area contributed by atoms with Crippen LogP contribution in [0, 0.1) is 12.8 Å². The van der Waals surface area contributed by atoms with Crippen molar-refractivity contribution in [2.45, 2.75) is 33.3 Å². The number of nitrogens with zero attached hydrogens (tertiary/aromatic N) is 4. The quantitative estimate of drug-likeness (QED) is 0.475. The molecule has 6 nitrogen and oxygen atoms in total. The summed E-state index contributed by atoms with van der Waals surface area (Å²) >= 11 is 0. The van der Waals surface area contributed by atoms with E-state index >= 15 is 0 Å². The zero-order valence-electron chi connectivity index (χ0n) is 21.2. The molecule has 4 rings (SSSR count). The number of β-amino-alcohol motifs (C(OH)–C–C–N with tert-alkyl or cyclic N) is 1. The van der Waals surface area contributed by atoms with Gasteiger partial charge >= 0.3 is 0 Å². The average molecular weight is 475 g/mol. The van der Waals surface area contributed by atoms with Crippen LogP contribution in [0.1, 0.15) is 30.7 Å². The number of piperazine rings is 1. The van der Waals surface area contributed by atoms with Gasteiger partial charge in [-0.3, -0.25) is 4.90 Å². The topological polar surface area (TPSA) is 61.7 Å². The predicted octanol–water partition coefficient (Wildman–Crippen LogP) is 4.20. The first-order valence-electron chi connectivity index (χ1n) is 12.7. The van der Waals surface area contributed by atoms with Crippen molar-refractivity contribution >= 4 is 5.82 Å². The van der Waals surface area contributed by atoms with Crippen LogP contribution < -0.4 is 4.90 Å². The molecule has 0 saturated carbocycles. The second-order valence-corrected chi connectivity index (χ2v) is 9.84. The standard InChI is InChI=1S/C29H38N4O2/c1-22(2)20-35-21-26(34)19-32-14-16-33(17-15-32)29-27(18-24-10-6-4-7-11-24)23(3)30-28(31-29)25-12-8-5-9-13-25/h4-13,22,26,34H,14-21H2,1-3H3. The van der Waals surface area contributed by atoms with E-state index in [0.717, 1.165) is 55.5 Å². The SMILES string of the molecule is Cc1nc(-c2ccccc2)nc(N2CCN(CC(O)COCC(C)C)CC2)c1Cc1ccccc1. The fraction of sp³-hybridized carbons (Fsp3) is 0.448. The zero-order chi connectivity index (χ0) is 24.6. The highest BCUT2D eigenvalue weighted by Gasteiger charge is 2.24. The summed E-state index contributed by atoms with van der Waals surface area (Å²) in [5, 5.41) is 10.4. The third-order valence-electron chi connectivity index (χ3n) is 6.35. The Balaban J connectivity index is 1.50. The molecule has 3 aromatic rings. The number of ether oxygens (including phenoxy) is 1. The summed E-state index contributed by atoms with van der Waals surface area (Å²) in [4.78, 5) is 14.7. The Kier molecular flexibility index (Phi) is 8.85. The van der Waals surface area contributed by atoms with Crippen molar-refractivity contribution in [1.29, 1.82) is 0 Å². The van der Waals surface area contributed by atoms with Gasteiger partial charge in [-0.1, -0.05) is 74.5 Å². The summed E-state index contributed by atoms with van der Waals surface area (Å²) < 4.78 is 5.63. The number of aryl methyl sites for hydroxylation is 1. The molecular weight excluding hydrogens is 436 g/mol. The lowest BCUT2D eigenvalue weighted by atomic mass is 10.0. The van der Waals surface area contributed by atoms with Crippen molar-refractivity contribution in [3.05, 3.63) is 77.5 Å². The predicted molar refractivity (Wildman–Crippen MR) is 142 cm³/mol. The maximum absolute atomic E-state index is 10.4. The summed E-state index contributed by atoms with van der Waals surface area (Å²) in [6.07, 6.45) is 0.350. The molecule has 186 valence electrons. The molecule has 0 spiro atoms. The normalized spacial score (nSPS) is 15.5. The smallest absolute Gasteiger partial charge is 0.161 e. The van der Waals surface area contributed by atoms with Crippen LogP contribution in [0.3, 0.4) is 0 Å². The number of hydrogen-bond acceptors (Lipinski definition) is 6. The lowest BCUT2D eigenvalue weighted by Crippen LogP contribution is -2.49. The van der Waals surface area contributed by atoms with Crippen LogP contribution in [0.2, 0.25) is 0 Å². The highest BCUT2D eigenvalue weighted by molar-refractivity contribution is 5.61. The molecule has 1 aromatic heterocycles. The third-order valence-corrected chi connectivity index (χ3v) is 6.35. The Labute approximate surface area is 209 Å². The summed E-state index contributed by atoms with van der Waals surface area (Å²) in [6, 6.07) is 20.7. The molecule has 1 aliphatic heterocycles. The van der Waals surface area contributed by atoms with Crippen LogP contribution in [0.15, 0.2) is 60.7 Å². The van der Waals surface area contributed by atoms with Crippen LogP contribution in [0.25, 0.3) is 11.4 Å². The number of benzene rings is 2. The number of aliphatic hydroxyl groups excluding tert-OH is 1. The van der Waals surface area contributed by atoms with Crippen molar-refractivity contribution in [1.82, 2.24) is 14.9 Å². The largest absolute Gasteiger partial charge is 0.389 e. The van der Waals surface area contributed by atoms with Gasteiger partial charge in [-0.15, -0.1) is 0 Å². The van der Waals surface area contributed by atoms with E-state index in [1.807, 2.05) is 24.3 Å². The minimum Gasteiger partial charge on any atom is -0.389 e. The number of aliphatic hydroxyl groups is 1. The second kappa shape index (κ2) is 12.2. The summed E-state index contributed by atoms with van der Waals surface area (Å²) in [7, 11) is 0. The van der Waals surface area contributed by atoms with Crippen LogP contribution in [0.4, 0.5) is 5.82 Å². The van der Waals surface area contributed by atoms with Gasteiger partial charge in [0.15, 0.2) is 5.82 Å². The summed E-state index contributed by atoms with van der Waals surface area (Å²) in [5.41, 5.74) is 4.51. The highest BCUT2D eigenvalue weighted by Crippen LogP contribution is 2.28. The van der Waals surface area contributed by atoms with Gasteiger partial charge in [0.25, 0.3) is 0 Å². The van der Waals surface area contributed by atoms with E-state index in [4.69, 9.17) is 14.7 Å². The molecule has 0 amide bonds. The first kappa shape index (κ1) is 25.3. The molecule has 1 unspecified atom stereocenters. The molecule has 0 bridgehead atoms. The van der Waals surface area contributed by atoms with Gasteiger partial charge < -0.3 is 14.7 Å². The van der Waals surface area contributed by atoms with Crippen LogP contribution in [-0.2, 0) is 11.2 Å². The Bertz CT molecular complexity index is 1050. The second-order valence-electron chi connectivity index (χ2n) is 9.84. The lowest BCUT2D eigenvalue weighted by Gasteiger charge is -2.37. The van der Waals surface area contributed by atoms with E-state index in [2.05, 4.69) is 67.0 Å². The third kappa shape index (κ3) is 7.10. The first-order chi connectivity index (χ1) is 17.0. The van der Waals surface area contributed by atoms with Crippen LogP contribution >= 0.6 is 0 Å². The molecule has 2 heterocycles. The number of aromatic nitrogens is 2. The zero-order valence-corrected chi connectivity index (χ0v) is 21.2. The number of rotatable bonds is 10. The van der Waals surface area contributed by atoms with Crippen molar-refractivity contribution in [3.63, 3.8) is 0 Å². The average Bonchev–Trinajstić information content (AvgIpc) is 2.86. The Morgan fingerprint density at radius 2 is 1.54 bits per heavy atom. The van der Waals surface area contributed by atoms with Gasteiger partial charge in [-0.05, 0) is 18.4 Å². The van der Waals surface area contributed by atoms with E-state index in [0.29, 0.717) is 25.7 Å². The molecule has 1 atom stereocenters. The first-order valence-corrected chi connectivity index (χ1v) is 12.7. The number of hydrogen-bond donors (Lipinski definition) is 1. The molecule has 2 aromatic carbocycles. The molecule has 1 aliphatic rings. The van der Waals surface area contributed by atoms with Gasteiger partial charge in [-0.2, -0.15) is 0 Å². The molecule has 1 fully saturated rings. The van der Waals surface area contributed by atoms with E-state index in [-0.39, 0.29) is 0 Å². The molecule has 0 radical (unpaired) electrons. The fourth-order valence-electron chi connectivity index (χ4n) is 4.50. The fourth-order valence-corrected chi connectivity index (χ4v) is 4.50. The molecular formula is C29H38N4O2. The summed E-state index contributed by atoms with van der Waals surface area (Å²) in [6.45, 7) is 11.6. The minimum absolute atomic E-state index is 0.394. The van der Waals surface area contributed by atoms with Crippen molar-refractivity contribution in [2.75, 3.05) is 50.8 Å². The Morgan fingerprint density at radius 3 is 2.20 bits per heavy atom. The van der Waals surface area contributed by atoms with Gasteiger partial charge in [0, 0.05) is 62.6 Å². The monoisotopic (exact) mass is 474 g/mol. The molecule has 6 heteroatoms. The van der Waals surface area contributed by atoms with Gasteiger partial charge in [-0.25, -0.2) is 9.97 Å². The van der Waals surface area contributed by atoms with Gasteiger partial charge in [0.1, 0.15) is 5.82 Å². The Morgan fingerprint density at radius 1 is 0.886 bits per heavy atom. The van der Waals surface area contributed by atoms with Crippen molar-refractivity contribution < 1.29 is 9.84 Å². The maximum Gasteiger partial charge on any atom is 0.161 e.